The molecule has 0 spiro atoms. The summed E-state index contributed by atoms with van der Waals surface area (Å²) < 4.78 is 42.0. The Balaban J connectivity index is 0.00000127. The van der Waals surface area contributed by atoms with Crippen molar-refractivity contribution in [1.82, 2.24) is 0 Å². The average molecular weight is 330 g/mol. The lowest BCUT2D eigenvalue weighted by Crippen LogP contribution is -2.41. The number of halogens is 3. The van der Waals surface area contributed by atoms with Crippen LogP contribution in [-0.4, -0.2) is 30.3 Å². The molecule has 1 atom stereocenters. The van der Waals surface area contributed by atoms with E-state index >= 15 is 0 Å². The molecule has 1 aromatic carbocycles. The lowest BCUT2D eigenvalue weighted by molar-refractivity contribution is -0.137. The summed E-state index contributed by atoms with van der Waals surface area (Å²) in [5.41, 5.74) is 0.852. The van der Waals surface area contributed by atoms with Crippen LogP contribution in [0.15, 0.2) is 23.8 Å². The highest BCUT2D eigenvalue weighted by molar-refractivity contribution is 5.95. The lowest BCUT2D eigenvalue weighted by Gasteiger charge is -2.30. The van der Waals surface area contributed by atoms with Crippen molar-refractivity contribution in [2.75, 3.05) is 7.18 Å². The summed E-state index contributed by atoms with van der Waals surface area (Å²) in [6, 6.07) is 5.24. The molecule has 1 aliphatic heterocycles. The van der Waals surface area contributed by atoms with Crippen LogP contribution in [0.25, 0.3) is 6.08 Å². The van der Waals surface area contributed by atoms with Gasteiger partial charge in [0.1, 0.15) is 5.75 Å². The van der Waals surface area contributed by atoms with E-state index in [1.54, 1.807) is 12.1 Å². The Morgan fingerprint density at radius 2 is 1.74 bits per heavy atom. The molecule has 3 nitrogen and oxygen atoms in total. The minimum absolute atomic E-state index is 0.153. The number of fused-ring (bicyclic) bond motifs is 1. The maximum absolute atomic E-state index is 13.6. The predicted octanol–water partition coefficient (Wildman–Crippen LogP) is 4.45. The number of benzene rings is 1. The monoisotopic (exact) mass is 330 g/mol. The van der Waals surface area contributed by atoms with Gasteiger partial charge in [0, 0.05) is 12.5 Å². The highest BCUT2D eigenvalue weighted by atomic mass is 19.3. The largest absolute Gasteiger partial charge is 0.478 e. The third-order valence-electron chi connectivity index (χ3n) is 3.43. The van der Waals surface area contributed by atoms with Crippen molar-refractivity contribution in [1.29, 1.82) is 0 Å². The summed E-state index contributed by atoms with van der Waals surface area (Å²) in [6.07, 6.45) is -0.520. The summed E-state index contributed by atoms with van der Waals surface area (Å²) in [5.74, 6) is -4.38. The molecule has 128 valence electrons. The van der Waals surface area contributed by atoms with Crippen LogP contribution in [0.5, 0.6) is 5.75 Å². The van der Waals surface area contributed by atoms with E-state index in [0.717, 1.165) is 5.56 Å². The Hall–Kier alpha value is -1.98. The van der Waals surface area contributed by atoms with Gasteiger partial charge in [-0.05, 0) is 23.1 Å². The molecule has 1 aliphatic rings. The van der Waals surface area contributed by atoms with Gasteiger partial charge in [-0.25, -0.2) is 13.6 Å². The van der Waals surface area contributed by atoms with Gasteiger partial charge >= 0.3 is 5.97 Å². The molecule has 6 heteroatoms. The van der Waals surface area contributed by atoms with Crippen molar-refractivity contribution in [2.45, 2.75) is 45.1 Å². The van der Waals surface area contributed by atoms with Gasteiger partial charge in [-0.1, -0.05) is 32.9 Å². The number of hydrogen-bond donors (Lipinski definition) is 1. The van der Waals surface area contributed by atoms with Crippen LogP contribution in [-0.2, 0) is 10.2 Å². The Labute approximate surface area is 133 Å². The quantitative estimate of drug-likeness (QED) is 0.871. The maximum atomic E-state index is 13.6. The van der Waals surface area contributed by atoms with Crippen LogP contribution >= 0.6 is 0 Å². The molecule has 0 aromatic heterocycles. The van der Waals surface area contributed by atoms with Crippen molar-refractivity contribution >= 4 is 12.0 Å². The first kappa shape index (κ1) is 19.1. The fourth-order valence-corrected chi connectivity index (χ4v) is 2.21. The topological polar surface area (TPSA) is 46.5 Å². The number of carboxylic acids is 1. The second-order valence-corrected chi connectivity index (χ2v) is 6.36. The maximum Gasteiger partial charge on any atom is 0.335 e. The van der Waals surface area contributed by atoms with Gasteiger partial charge in [0.15, 0.2) is 6.10 Å². The number of rotatable bonds is 2. The average Bonchev–Trinajstić information content (AvgIpc) is 2.45. The first-order chi connectivity index (χ1) is 10.5. The molecule has 1 N–H and O–H groups in total. The molecule has 0 amide bonds. The fourth-order valence-electron chi connectivity index (χ4n) is 2.21. The molecular formula is C17H21F3O3. The summed E-state index contributed by atoms with van der Waals surface area (Å²) >= 11 is 0. The minimum Gasteiger partial charge on any atom is -0.478 e. The summed E-state index contributed by atoms with van der Waals surface area (Å²) in [7, 11) is 0.500. The lowest BCUT2D eigenvalue weighted by atomic mass is 9.85. The van der Waals surface area contributed by atoms with Crippen molar-refractivity contribution in [3.63, 3.8) is 0 Å². The van der Waals surface area contributed by atoms with E-state index in [2.05, 4.69) is 0 Å². The standard InChI is InChI=1S/C16H18F2O3.CH3F/c1-15(2,3)10-6-5-9-7-11(14(19)20)13(16(4,17)18)21-12(9)8-10;1-2/h5-8,13H,1-4H3,(H,19,20);1H3. The normalized spacial score (nSPS) is 17.2. The number of hydrogen-bond acceptors (Lipinski definition) is 2. The third-order valence-corrected chi connectivity index (χ3v) is 3.43. The van der Waals surface area contributed by atoms with Gasteiger partial charge in [0.25, 0.3) is 5.92 Å². The van der Waals surface area contributed by atoms with E-state index in [4.69, 9.17) is 9.84 Å². The van der Waals surface area contributed by atoms with Crippen molar-refractivity contribution < 1.29 is 27.8 Å². The van der Waals surface area contributed by atoms with Crippen LogP contribution in [0.3, 0.4) is 0 Å². The van der Waals surface area contributed by atoms with E-state index in [0.29, 0.717) is 25.4 Å². The second-order valence-electron chi connectivity index (χ2n) is 6.36. The zero-order chi connectivity index (χ0) is 18.0. The molecule has 2 rings (SSSR count). The van der Waals surface area contributed by atoms with Gasteiger partial charge in [-0.3, -0.25) is 4.39 Å². The van der Waals surface area contributed by atoms with Crippen molar-refractivity contribution in [2.24, 2.45) is 0 Å². The van der Waals surface area contributed by atoms with Gasteiger partial charge in [0.2, 0.25) is 0 Å². The third kappa shape index (κ3) is 4.27. The Bertz CT molecular complexity index is 610. The number of ether oxygens (including phenoxy) is 1. The zero-order valence-electron chi connectivity index (χ0n) is 13.8. The van der Waals surface area contributed by atoms with E-state index in [1.807, 2.05) is 26.8 Å². The van der Waals surface area contributed by atoms with Gasteiger partial charge in [-0.2, -0.15) is 0 Å². The number of alkyl halides is 3. The van der Waals surface area contributed by atoms with Crippen LogP contribution in [0.2, 0.25) is 0 Å². The molecule has 0 aliphatic carbocycles. The fraction of sp³-hybridized carbons (Fsp3) is 0.471. The van der Waals surface area contributed by atoms with E-state index in [1.165, 1.54) is 6.08 Å². The molecule has 1 unspecified atom stereocenters. The molecule has 0 saturated carbocycles. The smallest absolute Gasteiger partial charge is 0.335 e. The van der Waals surface area contributed by atoms with E-state index in [-0.39, 0.29) is 5.41 Å². The molecule has 1 aromatic rings. The SMILES string of the molecule is CC(C)(C)c1ccc2c(c1)OC(C(C)(F)F)C(C(=O)O)=C2.CF. The first-order valence-corrected chi connectivity index (χ1v) is 7.02. The van der Waals surface area contributed by atoms with E-state index < -0.39 is 23.6 Å². The number of aliphatic carboxylic acids is 1. The molecule has 0 radical (unpaired) electrons. The Morgan fingerprint density at radius 3 is 2.17 bits per heavy atom. The Morgan fingerprint density at radius 1 is 1.17 bits per heavy atom. The van der Waals surface area contributed by atoms with Crippen molar-refractivity contribution in [3.05, 3.63) is 34.9 Å². The molecular weight excluding hydrogens is 309 g/mol. The van der Waals surface area contributed by atoms with Crippen molar-refractivity contribution in [3.8, 4) is 5.75 Å². The molecule has 0 fully saturated rings. The van der Waals surface area contributed by atoms with Gasteiger partial charge in [-0.15, -0.1) is 0 Å². The van der Waals surface area contributed by atoms with Crippen LogP contribution in [0.4, 0.5) is 13.2 Å². The van der Waals surface area contributed by atoms with E-state index in [9.17, 15) is 18.0 Å². The summed E-state index contributed by atoms with van der Waals surface area (Å²) in [5, 5.41) is 9.10. The van der Waals surface area contributed by atoms with Crippen LogP contribution < -0.4 is 4.74 Å². The van der Waals surface area contributed by atoms with Crippen LogP contribution in [0, 0.1) is 0 Å². The Kier molecular flexibility index (Phi) is 5.51. The summed E-state index contributed by atoms with van der Waals surface area (Å²) in [4.78, 5) is 11.2. The van der Waals surface area contributed by atoms with Gasteiger partial charge in [0.05, 0.1) is 12.8 Å². The van der Waals surface area contributed by atoms with Crippen LogP contribution in [0.1, 0.15) is 38.8 Å². The molecule has 0 saturated heterocycles. The minimum atomic E-state index is -3.28. The second kappa shape index (κ2) is 6.64. The first-order valence-electron chi connectivity index (χ1n) is 7.02. The van der Waals surface area contributed by atoms with Gasteiger partial charge < -0.3 is 9.84 Å². The highest BCUT2D eigenvalue weighted by Crippen LogP contribution is 2.38. The summed E-state index contributed by atoms with van der Waals surface area (Å²) in [6.45, 7) is 6.67. The molecule has 23 heavy (non-hydrogen) atoms. The highest BCUT2D eigenvalue weighted by Gasteiger charge is 2.44. The number of carbonyl (C=O) groups is 1. The zero-order valence-corrected chi connectivity index (χ0v) is 13.8. The molecule has 0 bridgehead atoms. The predicted molar refractivity (Wildman–Crippen MR) is 82.8 cm³/mol. The number of carboxylic acid groups (broad SMARTS) is 1. The molecule has 1 heterocycles.